The first kappa shape index (κ1) is 21.4. The summed E-state index contributed by atoms with van der Waals surface area (Å²) in [6, 6.07) is 21.7. The Balaban J connectivity index is 1.59. The summed E-state index contributed by atoms with van der Waals surface area (Å²) in [5.41, 5.74) is 2.80. The third-order valence-corrected chi connectivity index (χ3v) is 6.28. The zero-order valence-corrected chi connectivity index (χ0v) is 19.2. The molecule has 1 aliphatic rings. The van der Waals surface area contributed by atoms with Gasteiger partial charge in [-0.3, -0.25) is 4.98 Å². The molecule has 6 nitrogen and oxygen atoms in total. The molecule has 0 saturated carbocycles. The molecule has 33 heavy (non-hydrogen) atoms. The summed E-state index contributed by atoms with van der Waals surface area (Å²) in [4.78, 5) is 18.4. The molecule has 0 bridgehead atoms. The molecule has 7 heteroatoms. The Hall–Kier alpha value is -3.42. The van der Waals surface area contributed by atoms with E-state index in [0.29, 0.717) is 17.5 Å². The third kappa shape index (κ3) is 4.17. The first-order chi connectivity index (χ1) is 15.8. The van der Waals surface area contributed by atoms with Crippen LogP contribution in [0, 0.1) is 0 Å². The molecule has 0 N–H and O–H groups in total. The highest BCUT2D eigenvalue weighted by atomic mass is 16.7. The van der Waals surface area contributed by atoms with Crippen molar-refractivity contribution in [2.24, 2.45) is 0 Å². The first-order valence-electron chi connectivity index (χ1n) is 11.0. The monoisotopic (exact) mass is 436 g/mol. The van der Waals surface area contributed by atoms with Crippen molar-refractivity contribution in [1.29, 1.82) is 0 Å². The Morgan fingerprint density at radius 3 is 1.73 bits per heavy atom. The van der Waals surface area contributed by atoms with Gasteiger partial charge in [-0.15, -0.1) is 0 Å². The number of aromatic nitrogens is 4. The van der Waals surface area contributed by atoms with Gasteiger partial charge >= 0.3 is 7.12 Å². The number of hydrogen-bond donors (Lipinski definition) is 0. The molecule has 4 aromatic rings. The van der Waals surface area contributed by atoms with Gasteiger partial charge in [0.1, 0.15) is 0 Å². The maximum Gasteiger partial charge on any atom is 0.494 e. The van der Waals surface area contributed by atoms with E-state index in [0.717, 1.165) is 22.2 Å². The zero-order valence-electron chi connectivity index (χ0n) is 19.2. The summed E-state index contributed by atoms with van der Waals surface area (Å²) in [5.74, 6) is 1.81. The minimum Gasteiger partial charge on any atom is -0.399 e. The lowest BCUT2D eigenvalue weighted by molar-refractivity contribution is 0.00578. The van der Waals surface area contributed by atoms with Gasteiger partial charge in [-0.25, -0.2) is 15.0 Å². The zero-order chi connectivity index (χ0) is 23.1. The minimum absolute atomic E-state index is 0.407. The minimum atomic E-state index is -0.454. The molecular formula is C26H25BN4O2. The number of pyridine rings is 1. The molecule has 0 unspecified atom stereocenters. The van der Waals surface area contributed by atoms with Crippen molar-refractivity contribution in [3.8, 4) is 34.2 Å². The Kier molecular flexibility index (Phi) is 5.31. The number of rotatable bonds is 4. The number of hydrogen-bond acceptors (Lipinski definition) is 6. The molecule has 164 valence electrons. The van der Waals surface area contributed by atoms with E-state index in [4.69, 9.17) is 24.3 Å². The van der Waals surface area contributed by atoms with Crippen LogP contribution >= 0.6 is 0 Å². The highest BCUT2D eigenvalue weighted by molar-refractivity contribution is 6.62. The van der Waals surface area contributed by atoms with Crippen molar-refractivity contribution >= 4 is 12.6 Å². The molecule has 1 aliphatic heterocycles. The number of benzene rings is 2. The lowest BCUT2D eigenvalue weighted by Gasteiger charge is -2.32. The fourth-order valence-electron chi connectivity index (χ4n) is 3.65. The van der Waals surface area contributed by atoms with Crippen molar-refractivity contribution in [2.45, 2.75) is 38.9 Å². The van der Waals surface area contributed by atoms with Crippen LogP contribution in [0.2, 0.25) is 0 Å². The van der Waals surface area contributed by atoms with Gasteiger partial charge in [-0.2, -0.15) is 0 Å². The van der Waals surface area contributed by atoms with Crippen LogP contribution in [0.3, 0.4) is 0 Å². The molecule has 0 radical (unpaired) electrons. The highest BCUT2D eigenvalue weighted by Gasteiger charge is 2.51. The fourth-order valence-corrected chi connectivity index (χ4v) is 3.65. The van der Waals surface area contributed by atoms with Gasteiger partial charge in [0.05, 0.1) is 11.2 Å². The predicted octanol–water partition coefficient (Wildman–Crippen LogP) is 4.57. The third-order valence-electron chi connectivity index (χ3n) is 6.28. The lowest BCUT2D eigenvalue weighted by Crippen LogP contribution is -2.41. The van der Waals surface area contributed by atoms with Crippen LogP contribution in [0.1, 0.15) is 27.7 Å². The van der Waals surface area contributed by atoms with Crippen molar-refractivity contribution in [1.82, 2.24) is 19.9 Å². The predicted molar refractivity (Wildman–Crippen MR) is 130 cm³/mol. The second kappa shape index (κ2) is 8.17. The Labute approximate surface area is 194 Å². The van der Waals surface area contributed by atoms with E-state index >= 15 is 0 Å². The van der Waals surface area contributed by atoms with Crippen molar-refractivity contribution in [3.05, 3.63) is 79.1 Å². The standard InChI is InChI=1S/C26H25BN4O2/c1-25(2)26(3,4)33-27(32-25)21-12-8-11-20(17-21)24-30-22(18-9-6-5-7-10-18)29-23(31-24)19-13-15-28-16-14-19/h5-17H,1-4H3. The maximum atomic E-state index is 6.24. The van der Waals surface area contributed by atoms with Crippen LogP contribution in [0.15, 0.2) is 79.1 Å². The summed E-state index contributed by atoms with van der Waals surface area (Å²) in [6.45, 7) is 8.21. The quantitative estimate of drug-likeness (QED) is 0.437. The first-order valence-corrected chi connectivity index (χ1v) is 11.0. The lowest BCUT2D eigenvalue weighted by atomic mass is 9.78. The summed E-state index contributed by atoms with van der Waals surface area (Å²) < 4.78 is 12.5. The SMILES string of the molecule is CC1(C)OB(c2cccc(-c3nc(-c4ccccc4)nc(-c4ccncc4)n3)c2)OC1(C)C. The average Bonchev–Trinajstić information content (AvgIpc) is 3.07. The van der Waals surface area contributed by atoms with Gasteiger partial charge in [-0.1, -0.05) is 54.6 Å². The van der Waals surface area contributed by atoms with E-state index in [2.05, 4.69) is 32.7 Å². The van der Waals surface area contributed by atoms with E-state index < -0.39 is 18.3 Å². The van der Waals surface area contributed by atoms with E-state index in [9.17, 15) is 0 Å². The Morgan fingerprint density at radius 1 is 0.606 bits per heavy atom. The summed E-state index contributed by atoms with van der Waals surface area (Å²) in [6.07, 6.45) is 3.47. The molecule has 1 saturated heterocycles. The molecule has 0 aliphatic carbocycles. The van der Waals surface area contributed by atoms with Gasteiger partial charge in [0.2, 0.25) is 0 Å². The van der Waals surface area contributed by atoms with Crippen molar-refractivity contribution < 1.29 is 9.31 Å². The van der Waals surface area contributed by atoms with Crippen LogP contribution in [-0.2, 0) is 9.31 Å². The van der Waals surface area contributed by atoms with E-state index in [1.807, 2.05) is 66.7 Å². The molecule has 0 amide bonds. The second-order valence-corrected chi connectivity index (χ2v) is 9.12. The van der Waals surface area contributed by atoms with Gasteiger partial charge in [0.25, 0.3) is 0 Å². The number of nitrogens with zero attached hydrogens (tertiary/aromatic N) is 4. The second-order valence-electron chi connectivity index (χ2n) is 9.12. The Bertz CT molecular complexity index is 1210. The molecule has 0 atom stereocenters. The molecular weight excluding hydrogens is 411 g/mol. The van der Waals surface area contributed by atoms with Crippen LogP contribution < -0.4 is 5.46 Å². The fraction of sp³-hybridized carbons (Fsp3) is 0.231. The molecule has 3 heterocycles. The van der Waals surface area contributed by atoms with Gasteiger partial charge in [-0.05, 0) is 45.3 Å². The molecule has 5 rings (SSSR count). The summed E-state index contributed by atoms with van der Waals surface area (Å²) >= 11 is 0. The Morgan fingerprint density at radius 2 is 1.12 bits per heavy atom. The topological polar surface area (TPSA) is 70.0 Å². The van der Waals surface area contributed by atoms with Crippen LogP contribution in [-0.4, -0.2) is 38.3 Å². The van der Waals surface area contributed by atoms with Crippen LogP contribution in [0.5, 0.6) is 0 Å². The molecule has 1 fully saturated rings. The smallest absolute Gasteiger partial charge is 0.399 e. The van der Waals surface area contributed by atoms with Gasteiger partial charge in [0, 0.05) is 29.1 Å². The summed E-state index contributed by atoms with van der Waals surface area (Å²) in [5, 5.41) is 0. The van der Waals surface area contributed by atoms with Crippen LogP contribution in [0.25, 0.3) is 34.2 Å². The summed E-state index contributed by atoms with van der Waals surface area (Å²) in [7, 11) is -0.454. The largest absolute Gasteiger partial charge is 0.494 e. The van der Waals surface area contributed by atoms with Crippen LogP contribution in [0.4, 0.5) is 0 Å². The highest BCUT2D eigenvalue weighted by Crippen LogP contribution is 2.36. The van der Waals surface area contributed by atoms with E-state index in [1.165, 1.54) is 0 Å². The van der Waals surface area contributed by atoms with E-state index in [-0.39, 0.29) is 0 Å². The van der Waals surface area contributed by atoms with Gasteiger partial charge < -0.3 is 9.31 Å². The maximum absolute atomic E-state index is 6.24. The molecule has 2 aromatic heterocycles. The van der Waals surface area contributed by atoms with Crippen molar-refractivity contribution in [2.75, 3.05) is 0 Å². The van der Waals surface area contributed by atoms with E-state index in [1.54, 1.807) is 12.4 Å². The average molecular weight is 436 g/mol. The van der Waals surface area contributed by atoms with Crippen molar-refractivity contribution in [3.63, 3.8) is 0 Å². The normalized spacial score (nSPS) is 16.7. The van der Waals surface area contributed by atoms with Gasteiger partial charge in [0.15, 0.2) is 17.5 Å². The molecule has 0 spiro atoms. The molecule has 2 aromatic carbocycles.